The first-order chi connectivity index (χ1) is 9.49. The molecule has 0 aliphatic carbocycles. The van der Waals surface area contributed by atoms with Crippen LogP contribution < -0.4 is 5.32 Å². The van der Waals surface area contributed by atoms with Gasteiger partial charge >= 0.3 is 0 Å². The van der Waals surface area contributed by atoms with Crippen LogP contribution in [-0.4, -0.2) is 16.1 Å². The quantitative estimate of drug-likeness (QED) is 0.934. The summed E-state index contributed by atoms with van der Waals surface area (Å²) >= 11 is 5.66. The highest BCUT2D eigenvalue weighted by atomic mass is 35.5. The van der Waals surface area contributed by atoms with Gasteiger partial charge in [-0.2, -0.15) is 0 Å². The van der Waals surface area contributed by atoms with Gasteiger partial charge < -0.3 is 5.32 Å². The molecular weight excluding hydrogens is 274 g/mol. The van der Waals surface area contributed by atoms with Crippen molar-refractivity contribution in [1.82, 2.24) is 10.2 Å². The molecule has 0 radical (unpaired) electrons. The molecule has 0 bridgehead atoms. The number of amides is 1. The Morgan fingerprint density at radius 1 is 1.20 bits per heavy atom. The van der Waals surface area contributed by atoms with Gasteiger partial charge in [0.25, 0.3) is 5.91 Å². The topological polar surface area (TPSA) is 54.9 Å². The number of carbonyl (C=O) groups is 1. The number of rotatable bonds is 3. The Morgan fingerprint density at radius 2 is 1.95 bits per heavy atom. The number of nitrogens with zero attached hydrogens (tertiary/aromatic N) is 2. The van der Waals surface area contributed by atoms with E-state index in [2.05, 4.69) is 29.4 Å². The molecule has 0 aliphatic heterocycles. The van der Waals surface area contributed by atoms with E-state index in [0.29, 0.717) is 5.92 Å². The van der Waals surface area contributed by atoms with Crippen molar-refractivity contribution in [1.29, 1.82) is 0 Å². The Morgan fingerprint density at radius 3 is 2.55 bits per heavy atom. The molecule has 0 spiro atoms. The van der Waals surface area contributed by atoms with E-state index in [1.165, 1.54) is 0 Å². The SMILES string of the molecule is Cc1cccc(C(C)C)c1NC(=O)c1ccc(Cl)nn1. The molecule has 1 aromatic heterocycles. The second kappa shape index (κ2) is 6.01. The third kappa shape index (κ3) is 3.14. The minimum atomic E-state index is -0.287. The lowest BCUT2D eigenvalue weighted by atomic mass is 9.98. The number of halogens is 1. The Kier molecular flexibility index (Phi) is 4.35. The summed E-state index contributed by atoms with van der Waals surface area (Å²) in [7, 11) is 0. The molecule has 1 N–H and O–H groups in total. The normalized spacial score (nSPS) is 10.7. The molecule has 0 saturated carbocycles. The number of para-hydroxylation sites is 1. The van der Waals surface area contributed by atoms with Crippen LogP contribution >= 0.6 is 11.6 Å². The number of anilines is 1. The largest absolute Gasteiger partial charge is 0.320 e. The third-order valence-corrected chi connectivity index (χ3v) is 3.23. The van der Waals surface area contributed by atoms with E-state index >= 15 is 0 Å². The highest BCUT2D eigenvalue weighted by Crippen LogP contribution is 2.27. The number of aryl methyl sites for hydroxylation is 1. The van der Waals surface area contributed by atoms with Crippen LogP contribution in [0.25, 0.3) is 0 Å². The molecule has 0 saturated heterocycles. The van der Waals surface area contributed by atoms with E-state index in [-0.39, 0.29) is 16.8 Å². The van der Waals surface area contributed by atoms with Crippen molar-refractivity contribution in [2.24, 2.45) is 0 Å². The van der Waals surface area contributed by atoms with Gasteiger partial charge in [-0.15, -0.1) is 10.2 Å². The molecule has 0 atom stereocenters. The average molecular weight is 290 g/mol. The maximum atomic E-state index is 12.2. The summed E-state index contributed by atoms with van der Waals surface area (Å²) < 4.78 is 0. The van der Waals surface area contributed by atoms with Crippen LogP contribution in [0.3, 0.4) is 0 Å². The summed E-state index contributed by atoms with van der Waals surface area (Å²) in [5.74, 6) is 0.0341. The zero-order valence-corrected chi connectivity index (χ0v) is 12.4. The van der Waals surface area contributed by atoms with Crippen molar-refractivity contribution in [3.63, 3.8) is 0 Å². The summed E-state index contributed by atoms with van der Waals surface area (Å²) in [4.78, 5) is 12.2. The van der Waals surface area contributed by atoms with E-state index < -0.39 is 0 Å². The van der Waals surface area contributed by atoms with Crippen molar-refractivity contribution in [2.75, 3.05) is 5.32 Å². The van der Waals surface area contributed by atoms with Gasteiger partial charge in [0.05, 0.1) is 0 Å². The van der Waals surface area contributed by atoms with E-state index in [1.807, 2.05) is 25.1 Å². The first kappa shape index (κ1) is 14.5. The molecular formula is C15H16ClN3O. The highest BCUT2D eigenvalue weighted by Gasteiger charge is 2.14. The summed E-state index contributed by atoms with van der Waals surface area (Å²) in [6, 6.07) is 9.07. The van der Waals surface area contributed by atoms with Crippen molar-refractivity contribution in [3.8, 4) is 0 Å². The van der Waals surface area contributed by atoms with Crippen molar-refractivity contribution < 1.29 is 4.79 Å². The molecule has 0 fully saturated rings. The second-order valence-electron chi connectivity index (χ2n) is 4.89. The van der Waals surface area contributed by atoms with Crippen LogP contribution in [0, 0.1) is 6.92 Å². The lowest BCUT2D eigenvalue weighted by Gasteiger charge is -2.16. The Hall–Kier alpha value is -1.94. The number of benzene rings is 1. The fourth-order valence-corrected chi connectivity index (χ4v) is 2.06. The first-order valence-corrected chi connectivity index (χ1v) is 6.77. The van der Waals surface area contributed by atoms with E-state index in [9.17, 15) is 4.79 Å². The lowest BCUT2D eigenvalue weighted by molar-refractivity contribution is 0.102. The van der Waals surface area contributed by atoms with Gasteiger partial charge in [-0.05, 0) is 36.1 Å². The predicted molar refractivity (Wildman–Crippen MR) is 80.3 cm³/mol. The summed E-state index contributed by atoms with van der Waals surface area (Å²) in [5.41, 5.74) is 3.20. The Labute approximate surface area is 123 Å². The average Bonchev–Trinajstić information content (AvgIpc) is 2.41. The van der Waals surface area contributed by atoms with Gasteiger partial charge in [0.15, 0.2) is 10.8 Å². The highest BCUT2D eigenvalue weighted by molar-refractivity contribution is 6.29. The second-order valence-corrected chi connectivity index (χ2v) is 5.28. The lowest BCUT2D eigenvalue weighted by Crippen LogP contribution is -2.16. The number of carbonyl (C=O) groups excluding carboxylic acids is 1. The smallest absolute Gasteiger partial charge is 0.276 e. The molecule has 4 nitrogen and oxygen atoms in total. The van der Waals surface area contributed by atoms with E-state index in [1.54, 1.807) is 12.1 Å². The van der Waals surface area contributed by atoms with Crippen LogP contribution in [0.15, 0.2) is 30.3 Å². The molecule has 5 heteroatoms. The van der Waals surface area contributed by atoms with Crippen LogP contribution in [0.4, 0.5) is 5.69 Å². The van der Waals surface area contributed by atoms with Crippen molar-refractivity contribution in [2.45, 2.75) is 26.7 Å². The molecule has 104 valence electrons. The molecule has 0 unspecified atom stereocenters. The van der Waals surface area contributed by atoms with Gasteiger partial charge in [-0.3, -0.25) is 4.79 Å². The minimum Gasteiger partial charge on any atom is -0.320 e. The van der Waals surface area contributed by atoms with E-state index in [4.69, 9.17) is 11.6 Å². The number of hydrogen-bond acceptors (Lipinski definition) is 3. The Bertz CT molecular complexity index is 624. The third-order valence-electron chi connectivity index (χ3n) is 3.03. The molecule has 1 heterocycles. The molecule has 2 rings (SSSR count). The number of aromatic nitrogens is 2. The van der Waals surface area contributed by atoms with Crippen LogP contribution in [0.1, 0.15) is 41.4 Å². The van der Waals surface area contributed by atoms with E-state index in [0.717, 1.165) is 16.8 Å². The van der Waals surface area contributed by atoms with Gasteiger partial charge in [0, 0.05) is 5.69 Å². The van der Waals surface area contributed by atoms with Crippen LogP contribution in [-0.2, 0) is 0 Å². The van der Waals surface area contributed by atoms with Gasteiger partial charge in [0.2, 0.25) is 0 Å². The fourth-order valence-electron chi connectivity index (χ4n) is 1.96. The predicted octanol–water partition coefficient (Wildman–Crippen LogP) is 3.81. The first-order valence-electron chi connectivity index (χ1n) is 6.39. The zero-order chi connectivity index (χ0) is 14.7. The van der Waals surface area contributed by atoms with Gasteiger partial charge in [0.1, 0.15) is 0 Å². The molecule has 20 heavy (non-hydrogen) atoms. The number of hydrogen-bond donors (Lipinski definition) is 1. The fraction of sp³-hybridized carbons (Fsp3) is 0.267. The minimum absolute atomic E-state index is 0.243. The summed E-state index contributed by atoms with van der Waals surface area (Å²) in [6.45, 7) is 6.15. The van der Waals surface area contributed by atoms with Crippen molar-refractivity contribution in [3.05, 3.63) is 52.3 Å². The Balaban J connectivity index is 2.30. The summed E-state index contributed by atoms with van der Waals surface area (Å²) in [6.07, 6.45) is 0. The van der Waals surface area contributed by atoms with Crippen LogP contribution in [0.5, 0.6) is 0 Å². The van der Waals surface area contributed by atoms with Gasteiger partial charge in [-0.25, -0.2) is 0 Å². The zero-order valence-electron chi connectivity index (χ0n) is 11.6. The maximum Gasteiger partial charge on any atom is 0.276 e. The summed E-state index contributed by atoms with van der Waals surface area (Å²) in [5, 5.41) is 10.6. The van der Waals surface area contributed by atoms with Crippen molar-refractivity contribution >= 4 is 23.2 Å². The molecule has 1 amide bonds. The maximum absolute atomic E-state index is 12.2. The molecule has 2 aromatic rings. The molecule has 0 aliphatic rings. The monoisotopic (exact) mass is 289 g/mol. The number of nitrogens with one attached hydrogen (secondary N) is 1. The van der Waals surface area contributed by atoms with Gasteiger partial charge in [-0.1, -0.05) is 43.6 Å². The molecule has 1 aromatic carbocycles. The standard InChI is InChI=1S/C15H16ClN3O/c1-9(2)11-6-4-5-10(3)14(11)17-15(20)12-7-8-13(16)19-18-12/h4-9H,1-3H3,(H,17,20). The van der Waals surface area contributed by atoms with Crippen LogP contribution in [0.2, 0.25) is 5.15 Å².